The topological polar surface area (TPSA) is 76.2 Å². The third-order valence-corrected chi connectivity index (χ3v) is 8.36. The van der Waals surface area contributed by atoms with Gasteiger partial charge in [-0.1, -0.05) is 0 Å². The standard InChI is InChI=1S/C25H37FN2O5S/c1-24(2,3)33-23(29)27-13-14-28(25(17-27)11-12-25)19-7-5-18(6-8-19)16-32-22-10-9-20(15-21(22)26)34(4,30)31/h9-10,15,18-19H,5-8,11-14,16-17H2,1-4H3/t18-,19-. The van der Waals surface area contributed by atoms with E-state index in [1.54, 1.807) is 0 Å². The van der Waals surface area contributed by atoms with Gasteiger partial charge in [0.05, 0.1) is 11.5 Å². The van der Waals surface area contributed by atoms with Crippen molar-refractivity contribution >= 4 is 15.9 Å². The van der Waals surface area contributed by atoms with Gasteiger partial charge in [0.25, 0.3) is 0 Å². The molecule has 3 aliphatic rings. The summed E-state index contributed by atoms with van der Waals surface area (Å²) in [5, 5.41) is 0. The molecule has 1 saturated heterocycles. The van der Waals surface area contributed by atoms with Gasteiger partial charge in [0.2, 0.25) is 0 Å². The first-order valence-electron chi connectivity index (χ1n) is 12.2. The Morgan fingerprint density at radius 1 is 1.15 bits per heavy atom. The molecule has 1 aromatic carbocycles. The molecule has 1 heterocycles. The van der Waals surface area contributed by atoms with Crippen molar-refractivity contribution in [2.45, 2.75) is 81.4 Å². The van der Waals surface area contributed by atoms with Gasteiger partial charge in [-0.25, -0.2) is 17.6 Å². The monoisotopic (exact) mass is 496 g/mol. The van der Waals surface area contributed by atoms with Crippen molar-refractivity contribution in [3.8, 4) is 5.75 Å². The Morgan fingerprint density at radius 3 is 2.38 bits per heavy atom. The van der Waals surface area contributed by atoms with Crippen LogP contribution in [0.25, 0.3) is 0 Å². The van der Waals surface area contributed by atoms with Crippen LogP contribution in [0, 0.1) is 11.7 Å². The van der Waals surface area contributed by atoms with Crippen molar-refractivity contribution in [3.05, 3.63) is 24.0 Å². The summed E-state index contributed by atoms with van der Waals surface area (Å²) in [5.74, 6) is -0.191. The molecule has 0 bridgehead atoms. The van der Waals surface area contributed by atoms with Crippen molar-refractivity contribution < 1.29 is 27.1 Å². The second-order valence-electron chi connectivity index (χ2n) is 11.2. The number of hydrogen-bond acceptors (Lipinski definition) is 6. The molecular weight excluding hydrogens is 459 g/mol. The lowest BCUT2D eigenvalue weighted by Crippen LogP contribution is -2.60. The second kappa shape index (κ2) is 9.30. The lowest BCUT2D eigenvalue weighted by Gasteiger charge is -2.47. The molecule has 0 unspecified atom stereocenters. The number of piperazine rings is 1. The van der Waals surface area contributed by atoms with Crippen LogP contribution in [0.2, 0.25) is 0 Å². The van der Waals surface area contributed by atoms with Crippen molar-refractivity contribution in [2.75, 3.05) is 32.5 Å². The van der Waals surface area contributed by atoms with Crippen LogP contribution in [0.3, 0.4) is 0 Å². The van der Waals surface area contributed by atoms with Crippen LogP contribution >= 0.6 is 0 Å². The summed E-state index contributed by atoms with van der Waals surface area (Å²) < 4.78 is 48.7. The maximum absolute atomic E-state index is 14.3. The van der Waals surface area contributed by atoms with Crippen LogP contribution in [-0.4, -0.2) is 74.0 Å². The van der Waals surface area contributed by atoms with Crippen molar-refractivity contribution in [1.29, 1.82) is 0 Å². The summed E-state index contributed by atoms with van der Waals surface area (Å²) >= 11 is 0. The number of carbonyl (C=O) groups excluding carboxylic acids is 1. The normalized spacial score (nSPS) is 25.3. The number of ether oxygens (including phenoxy) is 2. The summed E-state index contributed by atoms with van der Waals surface area (Å²) in [5.41, 5.74) is -0.377. The molecule has 2 saturated carbocycles. The van der Waals surface area contributed by atoms with Gasteiger partial charge in [0.1, 0.15) is 5.60 Å². The molecule has 2 aliphatic carbocycles. The van der Waals surface area contributed by atoms with Gasteiger partial charge in [-0.2, -0.15) is 0 Å². The number of nitrogens with zero attached hydrogens (tertiary/aromatic N) is 2. The highest BCUT2D eigenvalue weighted by atomic mass is 32.2. The highest BCUT2D eigenvalue weighted by Gasteiger charge is 2.54. The first kappa shape index (κ1) is 25.2. The molecule has 1 amide bonds. The molecule has 3 fully saturated rings. The maximum atomic E-state index is 14.3. The summed E-state index contributed by atoms with van der Waals surface area (Å²) in [6, 6.07) is 4.31. The summed E-state index contributed by atoms with van der Waals surface area (Å²) in [7, 11) is -3.44. The molecule has 34 heavy (non-hydrogen) atoms. The molecule has 9 heteroatoms. The number of halogens is 1. The second-order valence-corrected chi connectivity index (χ2v) is 13.2. The number of benzene rings is 1. The number of carbonyl (C=O) groups is 1. The maximum Gasteiger partial charge on any atom is 0.410 e. The molecule has 0 N–H and O–H groups in total. The third-order valence-electron chi connectivity index (χ3n) is 7.25. The van der Waals surface area contributed by atoms with E-state index in [0.717, 1.165) is 63.9 Å². The Balaban J connectivity index is 1.26. The fourth-order valence-corrected chi connectivity index (χ4v) is 5.93. The number of amides is 1. The summed E-state index contributed by atoms with van der Waals surface area (Å²) in [6.45, 7) is 8.44. The SMILES string of the molecule is CC(C)(C)OC(=O)N1CCN([C@H]2CC[C@H](COc3ccc(S(C)(=O)=O)cc3F)CC2)C2(CC2)C1. The summed E-state index contributed by atoms with van der Waals surface area (Å²) in [4.78, 5) is 17.0. The lowest BCUT2D eigenvalue weighted by molar-refractivity contribution is -0.0191. The quantitative estimate of drug-likeness (QED) is 0.607. The zero-order valence-corrected chi connectivity index (χ0v) is 21.5. The van der Waals surface area contributed by atoms with E-state index in [1.165, 1.54) is 12.1 Å². The smallest absolute Gasteiger partial charge is 0.410 e. The highest BCUT2D eigenvalue weighted by molar-refractivity contribution is 7.90. The van der Waals surface area contributed by atoms with Crippen molar-refractivity contribution in [3.63, 3.8) is 0 Å². The lowest BCUT2D eigenvalue weighted by atomic mass is 9.84. The highest BCUT2D eigenvalue weighted by Crippen LogP contribution is 2.47. The first-order chi connectivity index (χ1) is 15.9. The average molecular weight is 497 g/mol. The third kappa shape index (κ3) is 5.85. The van der Waals surface area contributed by atoms with E-state index in [2.05, 4.69) is 4.90 Å². The zero-order valence-electron chi connectivity index (χ0n) is 20.7. The van der Waals surface area contributed by atoms with Gasteiger partial charge >= 0.3 is 6.09 Å². The van der Waals surface area contributed by atoms with Crippen LogP contribution in [0.15, 0.2) is 23.1 Å². The number of rotatable bonds is 5. The Kier molecular flexibility index (Phi) is 6.90. The summed E-state index contributed by atoms with van der Waals surface area (Å²) in [6.07, 6.45) is 7.25. The minimum atomic E-state index is -3.44. The molecule has 0 atom stereocenters. The van der Waals surface area contributed by atoms with E-state index in [-0.39, 0.29) is 22.3 Å². The Bertz CT molecular complexity index is 1010. The van der Waals surface area contributed by atoms with Gasteiger partial charge in [0, 0.05) is 37.5 Å². The van der Waals surface area contributed by atoms with Crippen LogP contribution in [-0.2, 0) is 14.6 Å². The van der Waals surface area contributed by atoms with Crippen LogP contribution in [0.5, 0.6) is 5.75 Å². The minimum Gasteiger partial charge on any atom is -0.490 e. The van der Waals surface area contributed by atoms with Crippen molar-refractivity contribution in [1.82, 2.24) is 9.80 Å². The first-order valence-corrected chi connectivity index (χ1v) is 14.1. The van der Waals surface area contributed by atoms with Crippen molar-refractivity contribution in [2.24, 2.45) is 5.92 Å². The van der Waals surface area contributed by atoms with E-state index >= 15 is 0 Å². The van der Waals surface area contributed by atoms with E-state index < -0.39 is 21.3 Å². The fraction of sp³-hybridized carbons (Fsp3) is 0.720. The van der Waals surface area contributed by atoms with Gasteiger partial charge in [-0.3, -0.25) is 4.90 Å². The Labute approximate surface area is 202 Å². The minimum absolute atomic E-state index is 0.0429. The van der Waals surface area contributed by atoms with E-state index in [0.29, 0.717) is 25.1 Å². The van der Waals surface area contributed by atoms with Crippen LogP contribution < -0.4 is 4.74 Å². The molecule has 4 rings (SSSR count). The predicted molar refractivity (Wildman–Crippen MR) is 127 cm³/mol. The van der Waals surface area contributed by atoms with E-state index in [9.17, 15) is 17.6 Å². The zero-order chi connectivity index (χ0) is 24.7. The molecular formula is C25H37FN2O5S. The van der Waals surface area contributed by atoms with E-state index in [1.807, 2.05) is 25.7 Å². The van der Waals surface area contributed by atoms with Gasteiger partial charge < -0.3 is 14.4 Å². The van der Waals surface area contributed by atoms with E-state index in [4.69, 9.17) is 9.47 Å². The fourth-order valence-electron chi connectivity index (χ4n) is 5.29. The number of hydrogen-bond donors (Lipinski definition) is 0. The Hall–Kier alpha value is -1.87. The molecule has 1 spiro atoms. The molecule has 1 aliphatic heterocycles. The molecule has 0 radical (unpaired) electrons. The van der Waals surface area contributed by atoms with Crippen LogP contribution in [0.1, 0.15) is 59.3 Å². The Morgan fingerprint density at radius 2 is 1.82 bits per heavy atom. The molecule has 190 valence electrons. The van der Waals surface area contributed by atoms with Gasteiger partial charge in [0.15, 0.2) is 21.4 Å². The molecule has 0 aromatic heterocycles. The number of sulfone groups is 1. The van der Waals surface area contributed by atoms with Gasteiger partial charge in [-0.15, -0.1) is 0 Å². The predicted octanol–water partition coefficient (Wildman–Crippen LogP) is 4.25. The molecule has 7 nitrogen and oxygen atoms in total. The largest absolute Gasteiger partial charge is 0.490 e. The van der Waals surface area contributed by atoms with Crippen LogP contribution in [0.4, 0.5) is 9.18 Å². The molecule has 1 aromatic rings. The average Bonchev–Trinajstić information content (AvgIpc) is 3.50. The van der Waals surface area contributed by atoms with Gasteiger partial charge in [-0.05, 0) is 83.4 Å².